The maximum Gasteiger partial charge on any atom is 0.266 e. The van der Waals surface area contributed by atoms with Gasteiger partial charge in [-0.05, 0) is 116 Å². The summed E-state index contributed by atoms with van der Waals surface area (Å²) in [5.41, 5.74) is 6.38. The van der Waals surface area contributed by atoms with Crippen LogP contribution in [0.3, 0.4) is 0 Å². The van der Waals surface area contributed by atoms with Gasteiger partial charge in [0.1, 0.15) is 17.1 Å². The van der Waals surface area contributed by atoms with Gasteiger partial charge in [0.25, 0.3) is 6.08 Å². The van der Waals surface area contributed by atoms with Crippen molar-refractivity contribution in [1.82, 2.24) is 0 Å². The van der Waals surface area contributed by atoms with Crippen LogP contribution in [0.5, 0.6) is 11.5 Å². The van der Waals surface area contributed by atoms with Crippen molar-refractivity contribution in [2.75, 3.05) is 0 Å². The summed E-state index contributed by atoms with van der Waals surface area (Å²) in [6.45, 7) is 12.3. The molecule has 31 heavy (non-hydrogen) atoms. The van der Waals surface area contributed by atoms with E-state index in [9.17, 15) is 13.9 Å². The number of phenolic OH excluding ortho intramolecular Hbond substituents is 1. The second-order valence-corrected chi connectivity index (χ2v) is 9.29. The minimum atomic E-state index is -1.59. The third kappa shape index (κ3) is 6.95. The van der Waals surface area contributed by atoms with E-state index in [1.54, 1.807) is 0 Å². The second kappa shape index (κ2) is 11.0. The van der Waals surface area contributed by atoms with E-state index in [0.29, 0.717) is 18.6 Å². The molecular weight excluding hydrogens is 394 g/mol. The number of hydrogen-bond acceptors (Lipinski definition) is 2. The first-order chi connectivity index (χ1) is 14.5. The molecule has 0 bridgehead atoms. The predicted molar refractivity (Wildman–Crippen MR) is 125 cm³/mol. The highest BCUT2D eigenvalue weighted by Crippen LogP contribution is 2.44. The molecule has 1 N–H and O–H groups in total. The molecule has 2 rings (SSSR count). The molecule has 1 aromatic carbocycles. The van der Waals surface area contributed by atoms with Crippen molar-refractivity contribution in [2.24, 2.45) is 0 Å². The predicted octanol–water partition coefficient (Wildman–Crippen LogP) is 8.41. The fourth-order valence-corrected chi connectivity index (χ4v) is 4.25. The third-order valence-corrected chi connectivity index (χ3v) is 6.63. The topological polar surface area (TPSA) is 29.5 Å². The van der Waals surface area contributed by atoms with Crippen molar-refractivity contribution < 1.29 is 18.6 Å². The molecule has 0 aliphatic carbocycles. The van der Waals surface area contributed by atoms with E-state index in [1.165, 1.54) is 11.1 Å². The van der Waals surface area contributed by atoms with Crippen LogP contribution in [-0.4, -0.2) is 10.7 Å². The van der Waals surface area contributed by atoms with Crippen molar-refractivity contribution in [3.63, 3.8) is 0 Å². The third-order valence-electron chi connectivity index (χ3n) is 6.63. The molecule has 4 heteroatoms. The number of hydrogen-bond donors (Lipinski definition) is 1. The number of ether oxygens (including phenoxy) is 1. The van der Waals surface area contributed by atoms with Gasteiger partial charge in [-0.25, -0.2) is 0 Å². The van der Waals surface area contributed by atoms with Crippen LogP contribution in [0.25, 0.3) is 0 Å². The van der Waals surface area contributed by atoms with Crippen molar-refractivity contribution in [3.8, 4) is 11.5 Å². The Labute approximate surface area is 186 Å². The SMILES string of the molecule is C/C(=C\CC/C(C)=C/CC[C@]1(C)CCc2c(C)c(O)c(C)c(C)c2O1)CCC=C(F)F. The number of fused-ring (bicyclic) bond motifs is 1. The highest BCUT2D eigenvalue weighted by Gasteiger charge is 2.33. The van der Waals surface area contributed by atoms with Gasteiger partial charge in [-0.15, -0.1) is 0 Å². The number of allylic oxidation sites excluding steroid dienone is 5. The average molecular weight is 433 g/mol. The fourth-order valence-electron chi connectivity index (χ4n) is 4.25. The van der Waals surface area contributed by atoms with E-state index in [-0.39, 0.29) is 5.60 Å². The quantitative estimate of drug-likeness (QED) is 0.397. The number of benzene rings is 1. The zero-order valence-corrected chi connectivity index (χ0v) is 20.0. The van der Waals surface area contributed by atoms with Crippen LogP contribution >= 0.6 is 0 Å². The van der Waals surface area contributed by atoms with E-state index < -0.39 is 6.08 Å². The zero-order valence-electron chi connectivity index (χ0n) is 20.0. The Hall–Kier alpha value is -2.10. The standard InChI is InChI=1S/C27H38F2O2/c1-18(12-8-14-24(28)29)10-7-11-19(2)13-9-16-27(6)17-15-23-22(5)25(30)20(3)21(4)26(23)31-27/h10,13-14,30H,7-9,11-12,15-17H2,1-6H3/b18-10+,19-13+/t27-/m1/s1. The molecule has 172 valence electrons. The van der Waals surface area contributed by atoms with Crippen LogP contribution in [0.4, 0.5) is 8.78 Å². The van der Waals surface area contributed by atoms with Gasteiger partial charge in [-0.3, -0.25) is 0 Å². The van der Waals surface area contributed by atoms with Crippen molar-refractivity contribution in [3.05, 3.63) is 57.7 Å². The summed E-state index contributed by atoms with van der Waals surface area (Å²) in [6.07, 6.45) is 10.7. The Bertz CT molecular complexity index is 876. The molecule has 0 fully saturated rings. The van der Waals surface area contributed by atoms with Crippen LogP contribution in [-0.2, 0) is 6.42 Å². The molecular formula is C27H38F2O2. The summed E-state index contributed by atoms with van der Waals surface area (Å²) in [4.78, 5) is 0. The molecule has 0 saturated heterocycles. The van der Waals surface area contributed by atoms with Crippen LogP contribution in [0.2, 0.25) is 0 Å². The molecule has 2 nitrogen and oxygen atoms in total. The van der Waals surface area contributed by atoms with Crippen molar-refractivity contribution in [1.29, 1.82) is 0 Å². The lowest BCUT2D eigenvalue weighted by Gasteiger charge is -2.38. The summed E-state index contributed by atoms with van der Waals surface area (Å²) < 4.78 is 30.7. The van der Waals surface area contributed by atoms with E-state index in [0.717, 1.165) is 72.6 Å². The smallest absolute Gasteiger partial charge is 0.266 e. The Morgan fingerprint density at radius 3 is 2.13 bits per heavy atom. The summed E-state index contributed by atoms with van der Waals surface area (Å²) in [7, 11) is 0. The molecule has 1 aliphatic rings. The minimum Gasteiger partial charge on any atom is -0.507 e. The maximum absolute atomic E-state index is 12.1. The second-order valence-electron chi connectivity index (χ2n) is 9.29. The Kier molecular flexibility index (Phi) is 8.90. The summed E-state index contributed by atoms with van der Waals surface area (Å²) in [5, 5.41) is 10.3. The molecule has 0 radical (unpaired) electrons. The molecule has 0 spiro atoms. The number of halogens is 2. The van der Waals surface area contributed by atoms with Crippen LogP contribution in [0, 0.1) is 20.8 Å². The van der Waals surface area contributed by atoms with Crippen molar-refractivity contribution in [2.45, 2.75) is 98.5 Å². The summed E-state index contributed by atoms with van der Waals surface area (Å²) in [6, 6.07) is 0. The monoisotopic (exact) mass is 432 g/mol. The van der Waals surface area contributed by atoms with Gasteiger partial charge in [0.05, 0.1) is 0 Å². The first-order valence-electron chi connectivity index (χ1n) is 11.4. The van der Waals surface area contributed by atoms with Crippen LogP contribution in [0.1, 0.15) is 88.0 Å². The van der Waals surface area contributed by atoms with Crippen LogP contribution in [0.15, 0.2) is 35.5 Å². The van der Waals surface area contributed by atoms with Gasteiger partial charge in [0.2, 0.25) is 0 Å². The number of phenols is 1. The first kappa shape index (κ1) is 25.2. The average Bonchev–Trinajstić information content (AvgIpc) is 2.70. The Morgan fingerprint density at radius 1 is 0.935 bits per heavy atom. The van der Waals surface area contributed by atoms with Crippen LogP contribution < -0.4 is 4.74 Å². The lowest BCUT2D eigenvalue weighted by Crippen LogP contribution is -2.37. The highest BCUT2D eigenvalue weighted by molar-refractivity contribution is 5.58. The van der Waals surface area contributed by atoms with Gasteiger partial charge >= 0.3 is 0 Å². The molecule has 1 aromatic rings. The molecule has 1 aliphatic heterocycles. The van der Waals surface area contributed by atoms with E-state index in [2.05, 4.69) is 26.0 Å². The number of rotatable bonds is 9. The lowest BCUT2D eigenvalue weighted by atomic mass is 9.85. The normalized spacial score (nSPS) is 19.1. The highest BCUT2D eigenvalue weighted by atomic mass is 19.3. The minimum absolute atomic E-state index is 0.194. The largest absolute Gasteiger partial charge is 0.507 e. The fraction of sp³-hybridized carbons (Fsp3) is 0.556. The maximum atomic E-state index is 12.1. The van der Waals surface area contributed by atoms with Gasteiger partial charge in [-0.2, -0.15) is 8.78 Å². The summed E-state index contributed by atoms with van der Waals surface area (Å²) >= 11 is 0. The lowest BCUT2D eigenvalue weighted by molar-refractivity contribution is 0.0558. The van der Waals surface area contributed by atoms with Gasteiger partial charge in [0, 0.05) is 5.56 Å². The molecule has 1 heterocycles. The van der Waals surface area contributed by atoms with Gasteiger partial charge in [-0.1, -0.05) is 23.3 Å². The first-order valence-corrected chi connectivity index (χ1v) is 11.4. The zero-order chi connectivity index (χ0) is 23.2. The molecule has 0 aromatic heterocycles. The van der Waals surface area contributed by atoms with E-state index in [1.807, 2.05) is 27.7 Å². The van der Waals surface area contributed by atoms with E-state index >= 15 is 0 Å². The number of aromatic hydroxyl groups is 1. The van der Waals surface area contributed by atoms with Gasteiger partial charge < -0.3 is 9.84 Å². The van der Waals surface area contributed by atoms with Gasteiger partial charge in [0.15, 0.2) is 0 Å². The molecule has 0 saturated carbocycles. The molecule has 1 atom stereocenters. The summed E-state index contributed by atoms with van der Waals surface area (Å²) in [5.74, 6) is 1.36. The molecule has 0 unspecified atom stereocenters. The Balaban J connectivity index is 1.88. The van der Waals surface area contributed by atoms with Crippen molar-refractivity contribution >= 4 is 0 Å². The van der Waals surface area contributed by atoms with E-state index in [4.69, 9.17) is 4.74 Å². The molecule has 0 amide bonds. The Morgan fingerprint density at radius 2 is 1.52 bits per heavy atom.